The summed E-state index contributed by atoms with van der Waals surface area (Å²) in [5.74, 6) is 0.639. The molecule has 3 rings (SSSR count). The van der Waals surface area contributed by atoms with E-state index in [0.717, 1.165) is 11.6 Å². The van der Waals surface area contributed by atoms with Crippen molar-refractivity contribution >= 4 is 11.6 Å². The maximum absolute atomic E-state index is 6.28. The Kier molecular flexibility index (Phi) is 2.26. The molecule has 0 radical (unpaired) electrons. The highest BCUT2D eigenvalue weighted by molar-refractivity contribution is 6.31. The molecule has 15 heavy (non-hydrogen) atoms. The van der Waals surface area contributed by atoms with Crippen LogP contribution in [0.3, 0.4) is 0 Å². The van der Waals surface area contributed by atoms with Gasteiger partial charge in [-0.25, -0.2) is 0 Å². The Morgan fingerprint density at radius 1 is 1.27 bits per heavy atom. The van der Waals surface area contributed by atoms with Gasteiger partial charge in [-0.15, -0.1) is 0 Å². The third kappa shape index (κ3) is 1.41. The fourth-order valence-electron chi connectivity index (χ4n) is 3.16. The molecule has 1 aliphatic heterocycles. The Morgan fingerprint density at radius 3 is 2.73 bits per heavy atom. The lowest BCUT2D eigenvalue weighted by atomic mass is 9.61. The zero-order chi connectivity index (χ0) is 10.3. The lowest BCUT2D eigenvalue weighted by molar-refractivity contribution is 0.137. The van der Waals surface area contributed by atoms with E-state index in [4.69, 9.17) is 11.6 Å². The van der Waals surface area contributed by atoms with Gasteiger partial charge in [0.05, 0.1) is 0 Å². The Labute approximate surface area is 95.8 Å². The van der Waals surface area contributed by atoms with Gasteiger partial charge in [0.15, 0.2) is 0 Å². The molecule has 2 aliphatic rings. The maximum atomic E-state index is 6.28. The molecule has 1 saturated heterocycles. The topological polar surface area (TPSA) is 12.0 Å². The van der Waals surface area contributed by atoms with Crippen molar-refractivity contribution in [3.8, 4) is 0 Å². The molecule has 1 atom stereocenters. The molecule has 1 aromatic carbocycles. The van der Waals surface area contributed by atoms with Gasteiger partial charge in [-0.3, -0.25) is 0 Å². The first kappa shape index (κ1) is 9.68. The summed E-state index contributed by atoms with van der Waals surface area (Å²) >= 11 is 6.28. The van der Waals surface area contributed by atoms with Crippen LogP contribution in [0.5, 0.6) is 0 Å². The standard InChI is InChI=1S/C13H16ClN/c14-12-5-2-1-4-10(12)11-8-15-9-13(11)6-3-7-13/h1-2,4-5,11,15H,3,6-9H2/t11-/m0/s1. The molecule has 1 N–H and O–H groups in total. The molecule has 0 amide bonds. The minimum Gasteiger partial charge on any atom is -0.316 e. The number of nitrogens with one attached hydrogen (secondary N) is 1. The number of hydrogen-bond acceptors (Lipinski definition) is 1. The van der Waals surface area contributed by atoms with Crippen molar-refractivity contribution in [1.29, 1.82) is 0 Å². The molecule has 1 saturated carbocycles. The Morgan fingerprint density at radius 2 is 2.07 bits per heavy atom. The molecule has 0 aromatic heterocycles. The lowest BCUT2D eigenvalue weighted by Gasteiger charge is -2.43. The van der Waals surface area contributed by atoms with Gasteiger partial charge in [0.25, 0.3) is 0 Å². The van der Waals surface area contributed by atoms with Crippen LogP contribution in [-0.4, -0.2) is 13.1 Å². The SMILES string of the molecule is Clc1ccccc1[C@@H]1CNCC12CCC2. The van der Waals surface area contributed by atoms with Crippen molar-refractivity contribution in [3.63, 3.8) is 0 Å². The highest BCUT2D eigenvalue weighted by Gasteiger charge is 2.48. The Hall–Kier alpha value is -0.530. The molecule has 1 heterocycles. The minimum absolute atomic E-state index is 0.533. The minimum atomic E-state index is 0.533. The first-order valence-electron chi connectivity index (χ1n) is 5.77. The highest BCUT2D eigenvalue weighted by atomic mass is 35.5. The van der Waals surface area contributed by atoms with E-state index in [1.54, 1.807) is 0 Å². The molecule has 2 fully saturated rings. The zero-order valence-corrected chi connectivity index (χ0v) is 9.56. The van der Waals surface area contributed by atoms with Crippen LogP contribution in [0.2, 0.25) is 5.02 Å². The molecule has 1 aliphatic carbocycles. The van der Waals surface area contributed by atoms with Crippen molar-refractivity contribution in [2.75, 3.05) is 13.1 Å². The summed E-state index contributed by atoms with van der Waals surface area (Å²) in [5, 5.41) is 4.47. The summed E-state index contributed by atoms with van der Waals surface area (Å²) in [6.07, 6.45) is 4.13. The average molecular weight is 222 g/mol. The van der Waals surface area contributed by atoms with E-state index in [1.807, 2.05) is 12.1 Å². The Balaban J connectivity index is 1.96. The van der Waals surface area contributed by atoms with Crippen LogP contribution in [0.25, 0.3) is 0 Å². The second-order valence-corrected chi connectivity index (χ2v) is 5.33. The summed E-state index contributed by atoms with van der Waals surface area (Å²) in [7, 11) is 0. The van der Waals surface area contributed by atoms with Crippen LogP contribution in [-0.2, 0) is 0 Å². The summed E-state index contributed by atoms with van der Waals surface area (Å²) in [6, 6.07) is 8.33. The molecule has 80 valence electrons. The number of halogens is 1. The summed E-state index contributed by atoms with van der Waals surface area (Å²) < 4.78 is 0. The van der Waals surface area contributed by atoms with Gasteiger partial charge >= 0.3 is 0 Å². The first-order valence-corrected chi connectivity index (χ1v) is 6.15. The van der Waals surface area contributed by atoms with E-state index in [-0.39, 0.29) is 0 Å². The fraction of sp³-hybridized carbons (Fsp3) is 0.538. The third-order valence-electron chi connectivity index (χ3n) is 4.19. The van der Waals surface area contributed by atoms with Gasteiger partial charge < -0.3 is 5.32 Å². The summed E-state index contributed by atoms with van der Waals surface area (Å²) in [6.45, 7) is 2.28. The van der Waals surface area contributed by atoms with Gasteiger partial charge in [-0.05, 0) is 29.9 Å². The first-order chi connectivity index (χ1) is 7.32. The zero-order valence-electron chi connectivity index (χ0n) is 8.80. The largest absolute Gasteiger partial charge is 0.316 e. The quantitative estimate of drug-likeness (QED) is 0.768. The lowest BCUT2D eigenvalue weighted by Crippen LogP contribution is -2.36. The van der Waals surface area contributed by atoms with Gasteiger partial charge in [-0.1, -0.05) is 36.2 Å². The average Bonchev–Trinajstić information content (AvgIpc) is 2.62. The van der Waals surface area contributed by atoms with Crippen LogP contribution in [0.4, 0.5) is 0 Å². The number of rotatable bonds is 1. The summed E-state index contributed by atoms with van der Waals surface area (Å²) in [5.41, 5.74) is 1.88. The monoisotopic (exact) mass is 221 g/mol. The van der Waals surface area contributed by atoms with Crippen LogP contribution in [0, 0.1) is 5.41 Å². The molecule has 0 bridgehead atoms. The van der Waals surface area contributed by atoms with Crippen LogP contribution < -0.4 is 5.32 Å². The smallest absolute Gasteiger partial charge is 0.0441 e. The Bertz CT molecular complexity index is 371. The van der Waals surface area contributed by atoms with Crippen molar-refractivity contribution in [2.45, 2.75) is 25.2 Å². The van der Waals surface area contributed by atoms with Gasteiger partial charge in [0, 0.05) is 24.0 Å². The van der Waals surface area contributed by atoms with E-state index in [0.29, 0.717) is 11.3 Å². The number of benzene rings is 1. The molecule has 2 heteroatoms. The van der Waals surface area contributed by atoms with E-state index >= 15 is 0 Å². The van der Waals surface area contributed by atoms with E-state index in [2.05, 4.69) is 17.4 Å². The van der Waals surface area contributed by atoms with E-state index < -0.39 is 0 Å². The molecular formula is C13H16ClN. The second kappa shape index (κ2) is 3.50. The molecule has 0 unspecified atom stereocenters. The highest BCUT2D eigenvalue weighted by Crippen LogP contribution is 2.54. The third-order valence-corrected chi connectivity index (χ3v) is 4.54. The van der Waals surface area contributed by atoms with Crippen LogP contribution >= 0.6 is 11.6 Å². The van der Waals surface area contributed by atoms with Crippen molar-refractivity contribution < 1.29 is 0 Å². The number of hydrogen-bond donors (Lipinski definition) is 1. The molecule has 1 nitrogen and oxygen atoms in total. The van der Waals surface area contributed by atoms with E-state index in [1.165, 1.54) is 31.4 Å². The van der Waals surface area contributed by atoms with Crippen molar-refractivity contribution in [3.05, 3.63) is 34.9 Å². The van der Waals surface area contributed by atoms with Crippen LogP contribution in [0.1, 0.15) is 30.7 Å². The van der Waals surface area contributed by atoms with Crippen molar-refractivity contribution in [2.24, 2.45) is 5.41 Å². The fourth-order valence-corrected chi connectivity index (χ4v) is 3.43. The van der Waals surface area contributed by atoms with Gasteiger partial charge in [-0.2, -0.15) is 0 Å². The molecular weight excluding hydrogens is 206 g/mol. The normalized spacial score (nSPS) is 27.9. The predicted octanol–water partition coefficient (Wildman–Crippen LogP) is 3.20. The second-order valence-electron chi connectivity index (χ2n) is 4.92. The molecule has 1 spiro atoms. The maximum Gasteiger partial charge on any atom is 0.0441 e. The van der Waals surface area contributed by atoms with Crippen LogP contribution in [0.15, 0.2) is 24.3 Å². The van der Waals surface area contributed by atoms with Crippen molar-refractivity contribution in [1.82, 2.24) is 5.32 Å². The van der Waals surface area contributed by atoms with Gasteiger partial charge in [0.2, 0.25) is 0 Å². The predicted molar refractivity (Wildman–Crippen MR) is 63.3 cm³/mol. The molecule has 1 aromatic rings. The van der Waals surface area contributed by atoms with Gasteiger partial charge in [0.1, 0.15) is 0 Å². The van der Waals surface area contributed by atoms with E-state index in [9.17, 15) is 0 Å². The summed E-state index contributed by atoms with van der Waals surface area (Å²) in [4.78, 5) is 0.